The summed E-state index contributed by atoms with van der Waals surface area (Å²) in [6.07, 6.45) is -5.75. The molecule has 1 aromatic heterocycles. The molecular formula is C17H13Cl2F3NO5PS2. The van der Waals surface area contributed by atoms with E-state index < -0.39 is 41.4 Å². The number of hydrogen-bond acceptors (Lipinski definition) is 5. The van der Waals surface area contributed by atoms with Gasteiger partial charge >= 0.3 is 13.8 Å². The van der Waals surface area contributed by atoms with E-state index in [0.29, 0.717) is 21.2 Å². The Kier molecular flexibility index (Phi) is 6.71. The van der Waals surface area contributed by atoms with Gasteiger partial charge in [-0.15, -0.1) is 11.3 Å². The second-order valence-electron chi connectivity index (χ2n) is 6.38. The molecule has 168 valence electrons. The summed E-state index contributed by atoms with van der Waals surface area (Å²) < 4.78 is 83.3. The minimum absolute atomic E-state index is 0.100. The largest absolute Gasteiger partial charge is 0.424 e. The zero-order valence-electron chi connectivity index (χ0n) is 15.4. The summed E-state index contributed by atoms with van der Waals surface area (Å²) in [5, 5.41) is 1.01. The first-order valence-electron chi connectivity index (χ1n) is 8.25. The van der Waals surface area contributed by atoms with Crippen LogP contribution in [0.15, 0.2) is 40.6 Å². The summed E-state index contributed by atoms with van der Waals surface area (Å²) in [5.74, 6) is -0.522. The average Bonchev–Trinajstić information content (AvgIpc) is 3.06. The molecule has 2 aromatic carbocycles. The molecule has 0 aliphatic carbocycles. The van der Waals surface area contributed by atoms with Crippen LogP contribution in [0.4, 0.5) is 13.2 Å². The lowest BCUT2D eigenvalue weighted by molar-refractivity contribution is -0.138. The molecule has 3 aromatic rings. The van der Waals surface area contributed by atoms with Crippen LogP contribution in [-0.2, 0) is 20.8 Å². The molecule has 0 saturated carbocycles. The van der Waals surface area contributed by atoms with Crippen molar-refractivity contribution in [2.45, 2.75) is 17.3 Å². The SMILES string of the molecule is Cc1ccc(OP(=O)(O)CNS(=O)(=O)c2cc3cc(Cl)cc(Cl)c3s2)cc1C(F)(F)F. The average molecular weight is 534 g/mol. The quantitative estimate of drug-likeness (QED) is 0.377. The van der Waals surface area contributed by atoms with Gasteiger partial charge in [0.25, 0.3) is 10.0 Å². The van der Waals surface area contributed by atoms with Crippen molar-refractivity contribution in [1.82, 2.24) is 4.72 Å². The van der Waals surface area contributed by atoms with E-state index in [1.165, 1.54) is 25.1 Å². The predicted octanol–water partition coefficient (Wildman–Crippen LogP) is 6.04. The second kappa shape index (κ2) is 8.55. The Hall–Kier alpha value is -1.33. The van der Waals surface area contributed by atoms with Gasteiger partial charge in [0, 0.05) is 5.02 Å². The summed E-state index contributed by atoms with van der Waals surface area (Å²) in [5.41, 5.74) is -1.14. The highest BCUT2D eigenvalue weighted by atomic mass is 35.5. The van der Waals surface area contributed by atoms with Gasteiger partial charge in [0.1, 0.15) is 16.2 Å². The van der Waals surface area contributed by atoms with Crippen molar-refractivity contribution >= 4 is 62.2 Å². The molecule has 31 heavy (non-hydrogen) atoms. The molecule has 0 saturated heterocycles. The van der Waals surface area contributed by atoms with Crippen molar-refractivity contribution in [3.05, 3.63) is 57.6 Å². The number of aryl methyl sites for hydroxylation is 1. The van der Waals surface area contributed by atoms with Crippen molar-refractivity contribution in [3.8, 4) is 5.75 Å². The van der Waals surface area contributed by atoms with Crippen molar-refractivity contribution in [3.63, 3.8) is 0 Å². The van der Waals surface area contributed by atoms with E-state index in [1.54, 1.807) is 0 Å². The normalized spacial score (nSPS) is 14.5. The number of thiophene rings is 1. The molecule has 0 aliphatic heterocycles. The summed E-state index contributed by atoms with van der Waals surface area (Å²) in [7, 11) is -8.91. The number of fused-ring (bicyclic) bond motifs is 1. The number of benzene rings is 2. The van der Waals surface area contributed by atoms with E-state index in [2.05, 4.69) is 0 Å². The van der Waals surface area contributed by atoms with Crippen molar-refractivity contribution in [2.75, 3.05) is 6.29 Å². The fourth-order valence-corrected chi connectivity index (χ4v) is 7.12. The van der Waals surface area contributed by atoms with Crippen molar-refractivity contribution in [2.24, 2.45) is 0 Å². The van der Waals surface area contributed by atoms with Gasteiger partial charge in [0.2, 0.25) is 0 Å². The molecule has 1 atom stereocenters. The first kappa shape index (κ1) is 24.3. The number of sulfonamides is 1. The lowest BCUT2D eigenvalue weighted by Gasteiger charge is -2.16. The topological polar surface area (TPSA) is 92.7 Å². The molecule has 0 radical (unpaired) electrons. The Morgan fingerprint density at radius 3 is 2.52 bits per heavy atom. The molecule has 2 N–H and O–H groups in total. The maximum atomic E-state index is 13.0. The molecule has 14 heteroatoms. The van der Waals surface area contributed by atoms with Gasteiger partial charge in [-0.05, 0) is 48.2 Å². The molecule has 1 heterocycles. The lowest BCUT2D eigenvalue weighted by Crippen LogP contribution is -2.25. The Balaban J connectivity index is 1.78. The van der Waals surface area contributed by atoms with Crippen LogP contribution in [0, 0.1) is 6.92 Å². The molecule has 0 aliphatic rings. The molecule has 0 fully saturated rings. The maximum Gasteiger partial charge on any atom is 0.416 e. The van der Waals surface area contributed by atoms with Crippen LogP contribution >= 0.6 is 42.1 Å². The summed E-state index contributed by atoms with van der Waals surface area (Å²) in [6.45, 7) is 1.23. The Morgan fingerprint density at radius 1 is 1.19 bits per heavy atom. The molecule has 3 rings (SSSR count). The summed E-state index contributed by atoms with van der Waals surface area (Å²) in [6, 6.07) is 6.98. The van der Waals surface area contributed by atoms with E-state index in [9.17, 15) is 31.0 Å². The highest BCUT2D eigenvalue weighted by Gasteiger charge is 2.34. The van der Waals surface area contributed by atoms with Crippen LogP contribution < -0.4 is 9.25 Å². The van der Waals surface area contributed by atoms with Gasteiger partial charge in [-0.1, -0.05) is 29.3 Å². The first-order valence-corrected chi connectivity index (χ1v) is 13.1. The lowest BCUT2D eigenvalue weighted by atomic mass is 10.1. The minimum atomic E-state index is -4.68. The van der Waals surface area contributed by atoms with E-state index in [1.807, 2.05) is 4.72 Å². The third-order valence-electron chi connectivity index (χ3n) is 3.99. The van der Waals surface area contributed by atoms with E-state index in [-0.39, 0.29) is 14.8 Å². The van der Waals surface area contributed by atoms with E-state index in [4.69, 9.17) is 27.7 Å². The van der Waals surface area contributed by atoms with Gasteiger partial charge in [0.15, 0.2) is 0 Å². The molecule has 0 bridgehead atoms. The zero-order chi connectivity index (χ0) is 23.2. The Labute approximate surface area is 189 Å². The smallest absolute Gasteiger partial charge is 0.416 e. The Bertz CT molecular complexity index is 1310. The monoisotopic (exact) mass is 533 g/mol. The van der Waals surface area contributed by atoms with Crippen molar-refractivity contribution < 1.29 is 35.6 Å². The third kappa shape index (κ3) is 5.73. The van der Waals surface area contributed by atoms with Crippen molar-refractivity contribution in [1.29, 1.82) is 0 Å². The predicted molar refractivity (Wildman–Crippen MR) is 114 cm³/mol. The van der Waals surface area contributed by atoms with E-state index >= 15 is 0 Å². The highest BCUT2D eigenvalue weighted by Crippen LogP contribution is 2.44. The summed E-state index contributed by atoms with van der Waals surface area (Å²) in [4.78, 5) is 9.95. The zero-order valence-corrected chi connectivity index (χ0v) is 19.4. The van der Waals surface area contributed by atoms with Crippen LogP contribution in [0.2, 0.25) is 10.0 Å². The summed E-state index contributed by atoms with van der Waals surface area (Å²) >= 11 is 12.8. The molecule has 6 nitrogen and oxygen atoms in total. The number of hydrogen-bond donors (Lipinski definition) is 2. The molecule has 0 spiro atoms. The number of rotatable bonds is 6. The van der Waals surface area contributed by atoms with E-state index in [0.717, 1.165) is 23.5 Å². The minimum Gasteiger partial charge on any atom is -0.424 e. The van der Waals surface area contributed by atoms with Crippen LogP contribution in [0.5, 0.6) is 5.75 Å². The maximum absolute atomic E-state index is 13.0. The molecule has 1 unspecified atom stereocenters. The van der Waals surface area contributed by atoms with Crippen LogP contribution in [0.1, 0.15) is 11.1 Å². The van der Waals surface area contributed by atoms with Gasteiger partial charge in [-0.25, -0.2) is 13.0 Å². The van der Waals surface area contributed by atoms with Gasteiger partial charge in [-0.2, -0.15) is 17.9 Å². The molecule has 0 amide bonds. The first-order chi connectivity index (χ1) is 14.2. The van der Waals surface area contributed by atoms with Gasteiger partial charge < -0.3 is 9.42 Å². The number of alkyl halides is 3. The van der Waals surface area contributed by atoms with Crippen LogP contribution in [0.3, 0.4) is 0 Å². The van der Waals surface area contributed by atoms with Gasteiger partial charge in [0.05, 0.1) is 15.3 Å². The number of nitrogens with one attached hydrogen (secondary N) is 1. The number of halogens is 5. The van der Waals surface area contributed by atoms with Crippen LogP contribution in [0.25, 0.3) is 10.1 Å². The molecular weight excluding hydrogens is 521 g/mol. The third-order valence-corrected chi connectivity index (χ3v) is 8.95. The fourth-order valence-electron chi connectivity index (χ4n) is 2.58. The highest BCUT2D eigenvalue weighted by molar-refractivity contribution is 7.92. The van der Waals surface area contributed by atoms with Crippen LogP contribution in [-0.4, -0.2) is 19.6 Å². The standard InChI is InChI=1S/C17H13Cl2F3NO5PS2/c1-9-2-3-12(7-13(9)17(20,21)22)28-29(24,25)8-23-31(26,27)15-5-10-4-11(18)6-14(19)16(10)30-15/h2-7,23H,8H2,1H3,(H,24,25). The fraction of sp³-hybridized carbons (Fsp3) is 0.176. The second-order valence-corrected chi connectivity index (χ2v) is 12.0. The van der Waals surface area contributed by atoms with Gasteiger partial charge in [-0.3, -0.25) is 0 Å². The Morgan fingerprint density at radius 2 is 1.87 bits per heavy atom.